The van der Waals surface area contributed by atoms with E-state index in [1.165, 1.54) is 0 Å². The Kier molecular flexibility index (Phi) is 6.61. The van der Waals surface area contributed by atoms with Crippen LogP contribution < -0.4 is 0 Å². The molecule has 8 nitrogen and oxygen atoms in total. The molecular formula is C58H32N6O2. The van der Waals surface area contributed by atoms with Gasteiger partial charge in [-0.25, -0.2) is 15.0 Å². The minimum Gasteiger partial charge on any atom is -0.456 e. The van der Waals surface area contributed by atoms with E-state index in [1.54, 1.807) is 6.07 Å². The molecule has 5 heterocycles. The average molecular weight is 850 g/mol. The SMILES string of the molecule is [2H]c1c([2H])c([2H])c(-c2nc(-c3ccc(-n4c5ccccc5c5ccc6c(c7ccccc7n6-c6ccc7oc8ccccc8c7c6)c54)c(C#N)c3)nc(-c3cccc4c3oc3ccccc34)n2)c([2H])c1[2H]. The van der Waals surface area contributed by atoms with Crippen molar-refractivity contribution in [2.45, 2.75) is 0 Å². The minimum atomic E-state index is -0.532. The Bertz CT molecular complexity index is 4670. The van der Waals surface area contributed by atoms with E-state index in [0.29, 0.717) is 33.5 Å². The maximum absolute atomic E-state index is 11.2. The quantitative estimate of drug-likeness (QED) is 0.171. The number of fused-ring (bicyclic) bond motifs is 13. The number of para-hydroxylation sites is 5. The molecule has 9 aromatic carbocycles. The smallest absolute Gasteiger partial charge is 0.167 e. The predicted octanol–water partition coefficient (Wildman–Crippen LogP) is 14.7. The summed E-state index contributed by atoms with van der Waals surface area (Å²) in [6.07, 6.45) is 0. The van der Waals surface area contributed by atoms with Crippen LogP contribution in [0, 0.1) is 11.3 Å². The fourth-order valence-electron chi connectivity index (χ4n) is 9.87. The zero-order valence-corrected chi connectivity index (χ0v) is 34.6. The zero-order chi connectivity index (χ0) is 47.8. The molecule has 0 unspecified atom stereocenters. The normalized spacial score (nSPS) is 13.0. The van der Waals surface area contributed by atoms with Crippen molar-refractivity contribution in [1.29, 1.82) is 5.26 Å². The molecule has 14 aromatic rings. The predicted molar refractivity (Wildman–Crippen MR) is 264 cm³/mol. The van der Waals surface area contributed by atoms with Gasteiger partial charge >= 0.3 is 0 Å². The van der Waals surface area contributed by atoms with Gasteiger partial charge in [-0.3, -0.25) is 0 Å². The fraction of sp³-hybridized carbons (Fsp3) is 0. The van der Waals surface area contributed by atoms with E-state index in [4.69, 9.17) is 30.6 Å². The molecule has 0 bridgehead atoms. The minimum absolute atomic E-state index is 0.126. The van der Waals surface area contributed by atoms with Crippen LogP contribution in [0.15, 0.2) is 203 Å². The summed E-state index contributed by atoms with van der Waals surface area (Å²) in [6.45, 7) is 0. The summed E-state index contributed by atoms with van der Waals surface area (Å²) in [6, 6.07) is 54.1. The second kappa shape index (κ2) is 13.8. The molecule has 0 fully saturated rings. The first-order valence-electron chi connectivity index (χ1n) is 23.9. The Morgan fingerprint density at radius 1 is 0.470 bits per heavy atom. The summed E-state index contributed by atoms with van der Waals surface area (Å²) in [5, 5.41) is 19.1. The van der Waals surface area contributed by atoms with Crippen LogP contribution in [0.4, 0.5) is 0 Å². The summed E-state index contributed by atoms with van der Waals surface area (Å²) < 4.78 is 60.2. The second-order valence-electron chi connectivity index (χ2n) is 16.3. The van der Waals surface area contributed by atoms with Gasteiger partial charge in [0.1, 0.15) is 28.4 Å². The molecule has 66 heavy (non-hydrogen) atoms. The van der Waals surface area contributed by atoms with Crippen LogP contribution in [0.5, 0.6) is 0 Å². The molecule has 5 aromatic heterocycles. The maximum atomic E-state index is 11.2. The molecule has 0 spiro atoms. The highest BCUT2D eigenvalue weighted by atomic mass is 16.3. The van der Waals surface area contributed by atoms with Crippen molar-refractivity contribution in [2.75, 3.05) is 0 Å². The van der Waals surface area contributed by atoms with Gasteiger partial charge in [-0.05, 0) is 72.8 Å². The van der Waals surface area contributed by atoms with Gasteiger partial charge in [-0.15, -0.1) is 0 Å². The number of hydrogen-bond acceptors (Lipinski definition) is 6. The first-order chi connectivity index (χ1) is 34.7. The van der Waals surface area contributed by atoms with Crippen LogP contribution >= 0.6 is 0 Å². The maximum Gasteiger partial charge on any atom is 0.167 e. The Labute approximate surface area is 382 Å². The lowest BCUT2D eigenvalue weighted by molar-refractivity contribution is 0.668. The fourth-order valence-corrected chi connectivity index (χ4v) is 9.87. The summed E-state index contributed by atoms with van der Waals surface area (Å²) in [5.41, 5.74) is 9.40. The lowest BCUT2D eigenvalue weighted by Gasteiger charge is -2.13. The average Bonchev–Trinajstić information content (AvgIpc) is 4.17. The number of nitriles is 1. The third kappa shape index (κ3) is 5.22. The van der Waals surface area contributed by atoms with Crippen molar-refractivity contribution in [2.24, 2.45) is 0 Å². The largest absolute Gasteiger partial charge is 0.456 e. The molecule has 0 aliphatic heterocycles. The van der Waals surface area contributed by atoms with Gasteiger partial charge in [-0.1, -0.05) is 121 Å². The van der Waals surface area contributed by atoms with Crippen LogP contribution in [0.2, 0.25) is 0 Å². The molecular weight excluding hydrogens is 813 g/mol. The van der Waals surface area contributed by atoms with E-state index >= 15 is 0 Å². The van der Waals surface area contributed by atoms with E-state index in [0.717, 1.165) is 82.0 Å². The lowest BCUT2D eigenvalue weighted by Crippen LogP contribution is -2.02. The highest BCUT2D eigenvalue weighted by Gasteiger charge is 2.24. The number of nitrogens with zero attached hydrogens (tertiary/aromatic N) is 6. The highest BCUT2D eigenvalue weighted by molar-refractivity contribution is 6.26. The van der Waals surface area contributed by atoms with E-state index in [9.17, 15) is 5.26 Å². The van der Waals surface area contributed by atoms with Gasteiger partial charge < -0.3 is 18.0 Å². The Balaban J connectivity index is 1.01. The van der Waals surface area contributed by atoms with Crippen molar-refractivity contribution >= 4 is 87.5 Å². The number of rotatable bonds is 5. The van der Waals surface area contributed by atoms with Crippen molar-refractivity contribution in [1.82, 2.24) is 24.1 Å². The Hall–Kier alpha value is -9.32. The van der Waals surface area contributed by atoms with Crippen LogP contribution in [-0.4, -0.2) is 24.1 Å². The molecule has 0 amide bonds. The van der Waals surface area contributed by atoms with Crippen molar-refractivity contribution in [3.05, 3.63) is 200 Å². The van der Waals surface area contributed by atoms with Gasteiger partial charge in [0, 0.05) is 59.9 Å². The van der Waals surface area contributed by atoms with Gasteiger partial charge in [0.15, 0.2) is 17.5 Å². The van der Waals surface area contributed by atoms with Crippen LogP contribution in [0.25, 0.3) is 133 Å². The molecule has 0 N–H and O–H groups in total. The molecule has 0 saturated heterocycles. The van der Waals surface area contributed by atoms with Gasteiger partial charge in [-0.2, -0.15) is 5.26 Å². The van der Waals surface area contributed by atoms with Crippen LogP contribution in [0.1, 0.15) is 12.4 Å². The van der Waals surface area contributed by atoms with E-state index < -0.39 is 30.2 Å². The Morgan fingerprint density at radius 2 is 1.12 bits per heavy atom. The molecule has 0 atom stereocenters. The highest BCUT2D eigenvalue weighted by Crippen LogP contribution is 2.44. The molecule has 0 aliphatic rings. The van der Waals surface area contributed by atoms with Crippen LogP contribution in [0.3, 0.4) is 0 Å². The molecule has 14 rings (SSSR count). The number of benzene rings is 9. The molecule has 8 heteroatoms. The standard InChI is InChI=1S/C58H32N6O2/c59-33-36-31-35(57-60-56(34-13-2-1-3-14-34)61-58(62-57)44-20-12-19-42-39-16-6-11-24-51(39)66-55(42)44)25-28-46(36)64-47-21-8-4-15-38(47)41-27-29-49-53(54(41)64)43-18-5-9-22-48(43)63(49)37-26-30-52-45(32-37)40-17-7-10-23-50(40)65-52/h1-32H/i1D,2D,3D,13D,14D. The first kappa shape index (κ1) is 31.5. The topological polar surface area (TPSA) is 98.6 Å². The molecule has 0 saturated carbocycles. The van der Waals surface area contributed by atoms with Gasteiger partial charge in [0.05, 0.1) is 45.7 Å². The molecule has 0 radical (unpaired) electrons. The number of hydrogen-bond donors (Lipinski definition) is 0. The monoisotopic (exact) mass is 849 g/mol. The van der Waals surface area contributed by atoms with E-state index in [2.05, 4.69) is 81.9 Å². The zero-order valence-electron chi connectivity index (χ0n) is 39.6. The summed E-state index contributed by atoms with van der Waals surface area (Å²) >= 11 is 0. The van der Waals surface area contributed by atoms with Crippen molar-refractivity contribution in [3.63, 3.8) is 0 Å². The van der Waals surface area contributed by atoms with Gasteiger partial charge in [0.2, 0.25) is 0 Å². The lowest BCUT2D eigenvalue weighted by atomic mass is 10.1. The third-order valence-corrected chi connectivity index (χ3v) is 12.7. The number of furan rings is 2. The number of aromatic nitrogens is 5. The van der Waals surface area contributed by atoms with Crippen molar-refractivity contribution in [3.8, 4) is 51.6 Å². The van der Waals surface area contributed by atoms with E-state index in [1.807, 2.05) is 91.0 Å². The second-order valence-corrected chi connectivity index (χ2v) is 16.3. The molecule has 0 aliphatic carbocycles. The van der Waals surface area contributed by atoms with Crippen molar-refractivity contribution < 1.29 is 15.7 Å². The summed E-state index contributed by atoms with van der Waals surface area (Å²) in [7, 11) is 0. The summed E-state index contributed by atoms with van der Waals surface area (Å²) in [4.78, 5) is 14.6. The van der Waals surface area contributed by atoms with Crippen LogP contribution in [-0.2, 0) is 0 Å². The third-order valence-electron chi connectivity index (χ3n) is 12.7. The van der Waals surface area contributed by atoms with E-state index in [-0.39, 0.29) is 23.0 Å². The van der Waals surface area contributed by atoms with Gasteiger partial charge in [0.25, 0.3) is 0 Å². The molecule has 306 valence electrons. The Morgan fingerprint density at radius 3 is 1.92 bits per heavy atom. The summed E-state index contributed by atoms with van der Waals surface area (Å²) in [5.74, 6) is 0.160. The first-order valence-corrected chi connectivity index (χ1v) is 21.4.